The molecule has 7 nitrogen and oxygen atoms in total. The van der Waals surface area contributed by atoms with Gasteiger partial charge in [0.2, 0.25) is 5.91 Å². The number of aromatic amines is 1. The van der Waals surface area contributed by atoms with Crippen molar-refractivity contribution in [3.8, 4) is 11.5 Å². The van der Waals surface area contributed by atoms with Gasteiger partial charge in [-0.3, -0.25) is 4.79 Å². The van der Waals surface area contributed by atoms with E-state index < -0.39 is 6.04 Å². The van der Waals surface area contributed by atoms with Crippen molar-refractivity contribution < 1.29 is 9.53 Å². The van der Waals surface area contributed by atoms with E-state index in [4.69, 9.17) is 10.5 Å². The number of piperidine rings is 1. The Bertz CT molecular complexity index is 945. The summed E-state index contributed by atoms with van der Waals surface area (Å²) in [5.41, 5.74) is 7.71. The van der Waals surface area contributed by atoms with Crippen LogP contribution in [0.15, 0.2) is 48.8 Å². The van der Waals surface area contributed by atoms with Crippen molar-refractivity contribution in [2.75, 3.05) is 20.1 Å². The largest absolute Gasteiger partial charge is 0.457 e. The number of nitrogens with two attached hydrogens (primary N) is 1. The molecule has 1 aromatic carbocycles. The minimum atomic E-state index is -0.689. The smallest absolute Gasteiger partial charge is 0.241 e. The highest BCUT2D eigenvalue weighted by Gasteiger charge is 2.22. The maximum absolute atomic E-state index is 12.5. The molecule has 1 fully saturated rings. The highest BCUT2D eigenvalue weighted by atomic mass is 16.5. The number of H-pyrrole nitrogens is 1. The minimum absolute atomic E-state index is 0.133. The molecule has 0 aliphatic carbocycles. The van der Waals surface area contributed by atoms with Gasteiger partial charge in [-0.1, -0.05) is 12.1 Å². The van der Waals surface area contributed by atoms with E-state index in [-0.39, 0.29) is 11.9 Å². The van der Waals surface area contributed by atoms with E-state index in [0.717, 1.165) is 48.3 Å². The normalized spacial score (nSPS) is 16.8. The van der Waals surface area contributed by atoms with Crippen LogP contribution in [0.5, 0.6) is 11.5 Å². The number of fused-ring (bicyclic) bond motifs is 1. The molecule has 1 amide bonds. The fraction of sp³-hybridized carbons (Fsp3) is 0.333. The van der Waals surface area contributed by atoms with Crippen LogP contribution in [0.2, 0.25) is 0 Å². The van der Waals surface area contributed by atoms with Crippen molar-refractivity contribution in [2.45, 2.75) is 24.9 Å². The number of ether oxygens (including phenoxy) is 1. The zero-order valence-corrected chi connectivity index (χ0v) is 15.9. The van der Waals surface area contributed by atoms with E-state index in [9.17, 15) is 4.79 Å². The third kappa shape index (κ3) is 4.00. The fourth-order valence-corrected chi connectivity index (χ4v) is 3.49. The second-order valence-corrected chi connectivity index (χ2v) is 7.28. The number of likely N-dealkylation sites (tertiary alicyclic amines) is 1. The van der Waals surface area contributed by atoms with E-state index in [1.807, 2.05) is 42.6 Å². The predicted molar refractivity (Wildman–Crippen MR) is 108 cm³/mol. The van der Waals surface area contributed by atoms with Crippen LogP contribution in [0.25, 0.3) is 11.0 Å². The average Bonchev–Trinajstić information content (AvgIpc) is 3.20. The predicted octanol–water partition coefficient (Wildman–Crippen LogP) is 2.57. The zero-order chi connectivity index (χ0) is 19.5. The lowest BCUT2D eigenvalue weighted by Crippen LogP contribution is -2.46. The maximum Gasteiger partial charge on any atom is 0.241 e. The Kier molecular flexibility index (Phi) is 5.27. The number of nitrogens with zero attached hydrogens (tertiary/aromatic N) is 2. The summed E-state index contributed by atoms with van der Waals surface area (Å²) < 4.78 is 5.97. The Morgan fingerprint density at radius 1 is 1.25 bits per heavy atom. The third-order valence-electron chi connectivity index (χ3n) is 5.23. The van der Waals surface area contributed by atoms with Gasteiger partial charge in [0.1, 0.15) is 23.2 Å². The van der Waals surface area contributed by atoms with Gasteiger partial charge in [-0.15, -0.1) is 0 Å². The Morgan fingerprint density at radius 2 is 2.00 bits per heavy atom. The van der Waals surface area contributed by atoms with Crippen molar-refractivity contribution in [1.29, 1.82) is 0 Å². The number of carbonyl (C=O) groups excluding carboxylic acids is 1. The van der Waals surface area contributed by atoms with Crippen LogP contribution >= 0.6 is 0 Å². The SMILES string of the molecule is CN1CCC(NC(=O)C(N)c2ccc(Oc3ccnc4[nH]ccc34)cc2)CC1. The first-order valence-corrected chi connectivity index (χ1v) is 9.54. The third-order valence-corrected chi connectivity index (χ3v) is 5.23. The molecule has 1 atom stereocenters. The molecule has 0 saturated carbocycles. The molecule has 1 saturated heterocycles. The van der Waals surface area contributed by atoms with Gasteiger partial charge < -0.3 is 25.7 Å². The number of pyridine rings is 1. The quantitative estimate of drug-likeness (QED) is 0.633. The molecule has 0 bridgehead atoms. The van der Waals surface area contributed by atoms with Gasteiger partial charge in [0.25, 0.3) is 0 Å². The molecule has 4 N–H and O–H groups in total. The maximum atomic E-state index is 12.5. The van der Waals surface area contributed by atoms with Gasteiger partial charge in [-0.25, -0.2) is 4.98 Å². The van der Waals surface area contributed by atoms with Crippen molar-refractivity contribution in [2.24, 2.45) is 5.73 Å². The Hall–Kier alpha value is -2.90. The summed E-state index contributed by atoms with van der Waals surface area (Å²) in [5.74, 6) is 1.27. The summed E-state index contributed by atoms with van der Waals surface area (Å²) in [7, 11) is 2.10. The molecule has 28 heavy (non-hydrogen) atoms. The van der Waals surface area contributed by atoms with E-state index in [1.165, 1.54) is 0 Å². The van der Waals surface area contributed by atoms with Gasteiger partial charge in [0.05, 0.1) is 5.39 Å². The first-order chi connectivity index (χ1) is 13.6. The molecule has 1 unspecified atom stereocenters. The van der Waals surface area contributed by atoms with Gasteiger partial charge in [-0.05, 0) is 62.8 Å². The van der Waals surface area contributed by atoms with Crippen LogP contribution in [0.1, 0.15) is 24.4 Å². The number of nitrogens with one attached hydrogen (secondary N) is 2. The van der Waals surface area contributed by atoms with Crippen molar-refractivity contribution in [3.63, 3.8) is 0 Å². The first kappa shape index (κ1) is 18.5. The zero-order valence-electron chi connectivity index (χ0n) is 15.9. The summed E-state index contributed by atoms with van der Waals surface area (Å²) in [6.45, 7) is 1.99. The highest BCUT2D eigenvalue weighted by Crippen LogP contribution is 2.28. The number of hydrogen-bond donors (Lipinski definition) is 3. The second kappa shape index (κ2) is 8.00. The molecule has 7 heteroatoms. The summed E-state index contributed by atoms with van der Waals surface area (Å²) >= 11 is 0. The molecule has 2 aromatic heterocycles. The average molecular weight is 379 g/mol. The molecular formula is C21H25N5O2. The molecule has 4 rings (SSSR count). The number of benzene rings is 1. The minimum Gasteiger partial charge on any atom is -0.457 e. The number of amides is 1. The van der Waals surface area contributed by atoms with Crippen LogP contribution in [0.3, 0.4) is 0 Å². The summed E-state index contributed by atoms with van der Waals surface area (Å²) in [4.78, 5) is 22.1. The fourth-order valence-electron chi connectivity index (χ4n) is 3.49. The molecule has 1 aliphatic heterocycles. The van der Waals surface area contributed by atoms with E-state index in [1.54, 1.807) is 6.20 Å². The monoisotopic (exact) mass is 379 g/mol. The van der Waals surface area contributed by atoms with Gasteiger partial charge in [-0.2, -0.15) is 0 Å². The van der Waals surface area contributed by atoms with Gasteiger partial charge in [0, 0.05) is 18.4 Å². The molecule has 0 spiro atoms. The molecular weight excluding hydrogens is 354 g/mol. The lowest BCUT2D eigenvalue weighted by atomic mass is 10.0. The first-order valence-electron chi connectivity index (χ1n) is 9.54. The molecule has 3 aromatic rings. The van der Waals surface area contributed by atoms with Crippen molar-refractivity contribution >= 4 is 16.9 Å². The van der Waals surface area contributed by atoms with Crippen LogP contribution in [-0.4, -0.2) is 47.0 Å². The Morgan fingerprint density at radius 3 is 2.75 bits per heavy atom. The number of rotatable bonds is 5. The summed E-state index contributed by atoms with van der Waals surface area (Å²) in [5, 5.41) is 3.99. The number of hydrogen-bond acceptors (Lipinski definition) is 5. The molecule has 3 heterocycles. The number of carbonyl (C=O) groups is 1. The molecule has 0 radical (unpaired) electrons. The highest BCUT2D eigenvalue weighted by molar-refractivity contribution is 5.83. The number of aromatic nitrogens is 2. The van der Waals surface area contributed by atoms with E-state index in [2.05, 4.69) is 27.2 Å². The van der Waals surface area contributed by atoms with Crippen LogP contribution < -0.4 is 15.8 Å². The molecule has 146 valence electrons. The van der Waals surface area contributed by atoms with Crippen LogP contribution in [0.4, 0.5) is 0 Å². The summed E-state index contributed by atoms with van der Waals surface area (Å²) in [6, 6.07) is 10.6. The van der Waals surface area contributed by atoms with Crippen LogP contribution in [0, 0.1) is 0 Å². The Labute approximate surface area is 163 Å². The second-order valence-electron chi connectivity index (χ2n) is 7.28. The summed E-state index contributed by atoms with van der Waals surface area (Å²) in [6.07, 6.45) is 5.45. The van der Waals surface area contributed by atoms with Gasteiger partial charge in [0.15, 0.2) is 0 Å². The van der Waals surface area contributed by atoms with Crippen LogP contribution in [-0.2, 0) is 4.79 Å². The lowest BCUT2D eigenvalue weighted by Gasteiger charge is -2.30. The Balaban J connectivity index is 1.39. The lowest BCUT2D eigenvalue weighted by molar-refractivity contribution is -0.123. The van der Waals surface area contributed by atoms with E-state index >= 15 is 0 Å². The van der Waals surface area contributed by atoms with E-state index in [0.29, 0.717) is 5.75 Å². The topological polar surface area (TPSA) is 96.3 Å². The van der Waals surface area contributed by atoms with Crippen molar-refractivity contribution in [1.82, 2.24) is 20.2 Å². The molecule has 1 aliphatic rings. The standard InChI is InChI=1S/C21H25N5O2/c1-26-12-8-15(9-13-26)25-21(27)19(22)14-2-4-16(5-3-14)28-18-7-11-24-20-17(18)6-10-23-20/h2-7,10-11,15,19H,8-9,12-13,22H2,1H3,(H,23,24)(H,25,27). The van der Waals surface area contributed by atoms with Crippen molar-refractivity contribution in [3.05, 3.63) is 54.4 Å². The van der Waals surface area contributed by atoms with Gasteiger partial charge >= 0.3 is 0 Å².